The van der Waals surface area contributed by atoms with Crippen molar-refractivity contribution in [3.8, 4) is 5.75 Å². The lowest BCUT2D eigenvalue weighted by Crippen LogP contribution is -2.04. The molecular weight excluding hydrogens is 162 g/mol. The molecular formula is C11H15NO. The van der Waals surface area contributed by atoms with Crippen molar-refractivity contribution >= 4 is 0 Å². The van der Waals surface area contributed by atoms with E-state index in [1.54, 1.807) is 0 Å². The summed E-state index contributed by atoms with van der Waals surface area (Å²) in [5.74, 6) is 1.00. The van der Waals surface area contributed by atoms with E-state index in [4.69, 9.17) is 4.74 Å². The van der Waals surface area contributed by atoms with Gasteiger partial charge in [-0.25, -0.2) is 0 Å². The SMILES string of the molecule is CNCc1ccc(OC2CC2)cc1. The van der Waals surface area contributed by atoms with Crippen molar-refractivity contribution in [2.45, 2.75) is 25.5 Å². The van der Waals surface area contributed by atoms with Crippen molar-refractivity contribution in [1.82, 2.24) is 5.32 Å². The van der Waals surface area contributed by atoms with Crippen LogP contribution < -0.4 is 10.1 Å². The molecule has 0 radical (unpaired) electrons. The Kier molecular flexibility index (Phi) is 2.50. The van der Waals surface area contributed by atoms with Crippen molar-refractivity contribution in [3.63, 3.8) is 0 Å². The predicted molar refractivity (Wildman–Crippen MR) is 52.9 cm³/mol. The summed E-state index contributed by atoms with van der Waals surface area (Å²) in [4.78, 5) is 0. The molecule has 0 amide bonds. The summed E-state index contributed by atoms with van der Waals surface area (Å²) >= 11 is 0. The largest absolute Gasteiger partial charge is 0.490 e. The number of hydrogen-bond acceptors (Lipinski definition) is 2. The van der Waals surface area contributed by atoms with E-state index < -0.39 is 0 Å². The molecule has 2 nitrogen and oxygen atoms in total. The topological polar surface area (TPSA) is 21.3 Å². The number of nitrogens with one attached hydrogen (secondary N) is 1. The number of hydrogen-bond donors (Lipinski definition) is 1. The van der Waals surface area contributed by atoms with E-state index in [9.17, 15) is 0 Å². The molecule has 0 saturated heterocycles. The Balaban J connectivity index is 1.95. The molecule has 0 aliphatic heterocycles. The van der Waals surface area contributed by atoms with Gasteiger partial charge in [-0.1, -0.05) is 12.1 Å². The van der Waals surface area contributed by atoms with Gasteiger partial charge in [0.25, 0.3) is 0 Å². The van der Waals surface area contributed by atoms with E-state index >= 15 is 0 Å². The molecule has 70 valence electrons. The van der Waals surface area contributed by atoms with Crippen molar-refractivity contribution < 1.29 is 4.74 Å². The molecule has 2 heteroatoms. The Bertz CT molecular complexity index is 264. The lowest BCUT2D eigenvalue weighted by atomic mass is 10.2. The zero-order valence-electron chi connectivity index (χ0n) is 7.92. The van der Waals surface area contributed by atoms with E-state index in [2.05, 4.69) is 17.4 Å². The standard InChI is InChI=1S/C11H15NO/c1-12-8-9-2-4-10(5-3-9)13-11-6-7-11/h2-5,11-12H,6-8H2,1H3. The minimum Gasteiger partial charge on any atom is -0.490 e. The van der Waals surface area contributed by atoms with Gasteiger partial charge in [0.1, 0.15) is 5.75 Å². The molecule has 13 heavy (non-hydrogen) atoms. The van der Waals surface area contributed by atoms with Crippen LogP contribution in [0, 0.1) is 0 Å². The van der Waals surface area contributed by atoms with E-state index in [0.717, 1.165) is 12.3 Å². The lowest BCUT2D eigenvalue weighted by Gasteiger charge is -2.05. The summed E-state index contributed by atoms with van der Waals surface area (Å²) < 4.78 is 5.64. The van der Waals surface area contributed by atoms with Crippen LogP contribution >= 0.6 is 0 Å². The maximum atomic E-state index is 5.64. The first kappa shape index (κ1) is 8.57. The Labute approximate surface area is 78.9 Å². The van der Waals surface area contributed by atoms with Gasteiger partial charge in [-0.3, -0.25) is 0 Å². The second kappa shape index (κ2) is 3.79. The molecule has 1 N–H and O–H groups in total. The van der Waals surface area contributed by atoms with Gasteiger partial charge < -0.3 is 10.1 Å². The van der Waals surface area contributed by atoms with Crippen LogP contribution in [-0.2, 0) is 6.54 Å². The Morgan fingerprint density at radius 3 is 2.54 bits per heavy atom. The summed E-state index contributed by atoms with van der Waals surface area (Å²) in [6.45, 7) is 0.920. The van der Waals surface area contributed by atoms with Crippen LogP contribution in [0.15, 0.2) is 24.3 Å². The smallest absolute Gasteiger partial charge is 0.119 e. The molecule has 0 aromatic heterocycles. The quantitative estimate of drug-likeness (QED) is 0.759. The average molecular weight is 177 g/mol. The van der Waals surface area contributed by atoms with Crippen LogP contribution in [0.2, 0.25) is 0 Å². The average Bonchev–Trinajstić information content (AvgIpc) is 2.93. The predicted octanol–water partition coefficient (Wildman–Crippen LogP) is 1.95. The molecule has 0 unspecified atom stereocenters. The zero-order chi connectivity index (χ0) is 9.10. The summed E-state index contributed by atoms with van der Waals surface area (Å²) in [6, 6.07) is 8.30. The zero-order valence-corrected chi connectivity index (χ0v) is 7.92. The van der Waals surface area contributed by atoms with Gasteiger partial charge in [0.05, 0.1) is 6.10 Å². The summed E-state index contributed by atoms with van der Waals surface area (Å²) in [5, 5.41) is 3.12. The first-order valence-electron chi connectivity index (χ1n) is 4.78. The minimum absolute atomic E-state index is 0.496. The van der Waals surface area contributed by atoms with E-state index in [-0.39, 0.29) is 0 Å². The van der Waals surface area contributed by atoms with Crippen molar-refractivity contribution in [2.24, 2.45) is 0 Å². The van der Waals surface area contributed by atoms with Gasteiger partial charge in [0.2, 0.25) is 0 Å². The van der Waals surface area contributed by atoms with Gasteiger partial charge in [-0.15, -0.1) is 0 Å². The van der Waals surface area contributed by atoms with E-state index in [0.29, 0.717) is 6.10 Å². The molecule has 1 aromatic carbocycles. The maximum absolute atomic E-state index is 5.64. The fourth-order valence-electron chi connectivity index (χ4n) is 1.27. The summed E-state index contributed by atoms with van der Waals surface area (Å²) in [7, 11) is 1.95. The van der Waals surface area contributed by atoms with E-state index in [1.165, 1.54) is 18.4 Å². The van der Waals surface area contributed by atoms with Crippen molar-refractivity contribution in [1.29, 1.82) is 0 Å². The van der Waals surface area contributed by atoms with Gasteiger partial charge in [-0.2, -0.15) is 0 Å². The summed E-state index contributed by atoms with van der Waals surface area (Å²) in [5.41, 5.74) is 1.30. The van der Waals surface area contributed by atoms with Crippen LogP contribution in [0.3, 0.4) is 0 Å². The number of rotatable bonds is 4. The Morgan fingerprint density at radius 2 is 2.00 bits per heavy atom. The maximum Gasteiger partial charge on any atom is 0.119 e. The minimum atomic E-state index is 0.496. The van der Waals surface area contributed by atoms with Crippen LogP contribution in [-0.4, -0.2) is 13.2 Å². The fraction of sp³-hybridized carbons (Fsp3) is 0.455. The third-order valence-corrected chi connectivity index (χ3v) is 2.13. The first-order chi connectivity index (χ1) is 6.38. The normalized spacial score (nSPS) is 15.8. The van der Waals surface area contributed by atoms with Crippen LogP contribution in [0.25, 0.3) is 0 Å². The van der Waals surface area contributed by atoms with Crippen molar-refractivity contribution in [2.75, 3.05) is 7.05 Å². The molecule has 2 rings (SSSR count). The highest BCUT2D eigenvalue weighted by Crippen LogP contribution is 2.26. The van der Waals surface area contributed by atoms with Gasteiger partial charge in [0.15, 0.2) is 0 Å². The molecule has 0 spiro atoms. The molecule has 1 saturated carbocycles. The van der Waals surface area contributed by atoms with Gasteiger partial charge >= 0.3 is 0 Å². The monoisotopic (exact) mass is 177 g/mol. The first-order valence-corrected chi connectivity index (χ1v) is 4.78. The third kappa shape index (κ3) is 2.46. The highest BCUT2D eigenvalue weighted by molar-refractivity contribution is 5.27. The number of benzene rings is 1. The lowest BCUT2D eigenvalue weighted by molar-refractivity contribution is 0.303. The van der Waals surface area contributed by atoms with Crippen molar-refractivity contribution in [3.05, 3.63) is 29.8 Å². The molecule has 1 aliphatic carbocycles. The molecule has 0 atom stereocenters. The highest BCUT2D eigenvalue weighted by Gasteiger charge is 2.23. The van der Waals surface area contributed by atoms with Gasteiger partial charge in [0, 0.05) is 6.54 Å². The van der Waals surface area contributed by atoms with Crippen LogP contribution in [0.1, 0.15) is 18.4 Å². The second-order valence-electron chi connectivity index (χ2n) is 3.49. The Hall–Kier alpha value is -1.02. The number of ether oxygens (including phenoxy) is 1. The molecule has 1 fully saturated rings. The molecule has 0 bridgehead atoms. The highest BCUT2D eigenvalue weighted by atomic mass is 16.5. The third-order valence-electron chi connectivity index (χ3n) is 2.13. The Morgan fingerprint density at radius 1 is 1.31 bits per heavy atom. The van der Waals surface area contributed by atoms with Gasteiger partial charge in [-0.05, 0) is 37.6 Å². The van der Waals surface area contributed by atoms with Crippen LogP contribution in [0.4, 0.5) is 0 Å². The summed E-state index contributed by atoms with van der Waals surface area (Å²) in [6.07, 6.45) is 2.94. The molecule has 0 heterocycles. The van der Waals surface area contributed by atoms with E-state index in [1.807, 2.05) is 19.2 Å². The second-order valence-corrected chi connectivity index (χ2v) is 3.49. The molecule has 1 aromatic rings. The molecule has 1 aliphatic rings. The fourth-order valence-corrected chi connectivity index (χ4v) is 1.27. The van der Waals surface area contributed by atoms with Crippen LogP contribution in [0.5, 0.6) is 5.75 Å².